The van der Waals surface area contributed by atoms with Crippen LogP contribution in [0, 0.1) is 17.2 Å². The minimum atomic E-state index is -0.0309. The molecule has 4 heteroatoms. The Morgan fingerprint density at radius 2 is 2.25 bits per heavy atom. The van der Waals surface area contributed by atoms with Crippen molar-refractivity contribution in [3.63, 3.8) is 0 Å². The molecule has 1 fully saturated rings. The minimum Gasteiger partial charge on any atom is -0.385 e. The van der Waals surface area contributed by atoms with Crippen molar-refractivity contribution < 1.29 is 4.79 Å². The van der Waals surface area contributed by atoms with Gasteiger partial charge in [0.15, 0.2) is 0 Å². The monoisotopic (exact) mass is 269 g/mol. The van der Waals surface area contributed by atoms with Gasteiger partial charge in [-0.1, -0.05) is 6.07 Å². The van der Waals surface area contributed by atoms with E-state index in [9.17, 15) is 4.79 Å². The lowest BCUT2D eigenvalue weighted by Crippen LogP contribution is -2.37. The number of carbonyl (C=O) groups is 1. The fourth-order valence-corrected chi connectivity index (χ4v) is 3.26. The molecule has 2 N–H and O–H groups in total. The molecule has 0 spiro atoms. The summed E-state index contributed by atoms with van der Waals surface area (Å²) in [6, 6.07) is 8.15. The maximum absolute atomic E-state index is 12.5. The van der Waals surface area contributed by atoms with Gasteiger partial charge in [0.05, 0.1) is 12.0 Å². The number of nitrogens with one attached hydrogen (secondary N) is 2. The van der Waals surface area contributed by atoms with Gasteiger partial charge in [0, 0.05) is 23.8 Å². The van der Waals surface area contributed by atoms with Gasteiger partial charge in [-0.25, -0.2) is 0 Å². The van der Waals surface area contributed by atoms with Crippen LogP contribution in [0.1, 0.15) is 41.6 Å². The van der Waals surface area contributed by atoms with Crippen LogP contribution in [-0.2, 0) is 6.42 Å². The highest BCUT2D eigenvalue weighted by Crippen LogP contribution is 2.28. The normalized spacial score (nSPS) is 24.4. The van der Waals surface area contributed by atoms with Crippen LogP contribution in [0.3, 0.4) is 0 Å². The second-order valence-electron chi connectivity index (χ2n) is 5.61. The molecule has 0 saturated heterocycles. The summed E-state index contributed by atoms with van der Waals surface area (Å²) in [6.07, 6.45) is 4.84. The largest absolute Gasteiger partial charge is 0.385 e. The summed E-state index contributed by atoms with van der Waals surface area (Å²) in [6.45, 7) is 0.969. The smallest absolute Gasteiger partial charge is 0.251 e. The van der Waals surface area contributed by atoms with Crippen molar-refractivity contribution in [3.8, 4) is 6.07 Å². The Hall–Kier alpha value is -2.02. The van der Waals surface area contributed by atoms with E-state index < -0.39 is 0 Å². The number of hydrogen-bond donors (Lipinski definition) is 2. The van der Waals surface area contributed by atoms with E-state index in [0.717, 1.165) is 55.5 Å². The second kappa shape index (κ2) is 5.54. The molecule has 1 aromatic rings. The van der Waals surface area contributed by atoms with E-state index >= 15 is 0 Å². The van der Waals surface area contributed by atoms with E-state index in [1.54, 1.807) is 0 Å². The molecule has 2 unspecified atom stereocenters. The Labute approximate surface area is 119 Å². The van der Waals surface area contributed by atoms with Crippen molar-refractivity contribution in [3.05, 3.63) is 29.3 Å². The quantitative estimate of drug-likeness (QED) is 0.866. The highest BCUT2D eigenvalue weighted by molar-refractivity contribution is 5.97. The first kappa shape index (κ1) is 13.0. The molecule has 1 aromatic carbocycles. The first-order valence-electron chi connectivity index (χ1n) is 7.36. The first-order valence-corrected chi connectivity index (χ1v) is 7.36. The van der Waals surface area contributed by atoms with Crippen LogP contribution in [0.2, 0.25) is 0 Å². The Balaban J connectivity index is 1.79. The Kier molecular flexibility index (Phi) is 3.60. The fourth-order valence-electron chi connectivity index (χ4n) is 3.26. The molecule has 1 saturated carbocycles. The molecule has 4 nitrogen and oxygen atoms in total. The SMILES string of the molecule is N#CC1CCCC1NC(=O)c1cccc2c1CCCN2. The molecule has 0 bridgehead atoms. The van der Waals surface area contributed by atoms with Gasteiger partial charge in [-0.05, 0) is 49.8 Å². The molecule has 3 rings (SSSR count). The van der Waals surface area contributed by atoms with Crippen LogP contribution >= 0.6 is 0 Å². The van der Waals surface area contributed by atoms with Gasteiger partial charge < -0.3 is 10.6 Å². The predicted octanol–water partition coefficient (Wildman–Crippen LogP) is 2.47. The predicted molar refractivity (Wildman–Crippen MR) is 77.5 cm³/mol. The van der Waals surface area contributed by atoms with Crippen LogP contribution in [0.4, 0.5) is 5.69 Å². The van der Waals surface area contributed by atoms with Crippen LogP contribution in [0.15, 0.2) is 18.2 Å². The van der Waals surface area contributed by atoms with E-state index in [-0.39, 0.29) is 17.9 Å². The van der Waals surface area contributed by atoms with E-state index in [2.05, 4.69) is 16.7 Å². The zero-order valence-electron chi connectivity index (χ0n) is 11.5. The summed E-state index contributed by atoms with van der Waals surface area (Å²) in [5, 5.41) is 15.5. The molecule has 104 valence electrons. The van der Waals surface area contributed by atoms with Crippen LogP contribution < -0.4 is 10.6 Å². The Morgan fingerprint density at radius 1 is 1.35 bits per heavy atom. The molecular weight excluding hydrogens is 250 g/mol. The Morgan fingerprint density at radius 3 is 3.10 bits per heavy atom. The number of nitriles is 1. The average Bonchev–Trinajstić information content (AvgIpc) is 2.93. The van der Waals surface area contributed by atoms with Gasteiger partial charge in [0.2, 0.25) is 0 Å². The maximum atomic E-state index is 12.5. The van der Waals surface area contributed by atoms with Crippen molar-refractivity contribution in [1.29, 1.82) is 5.26 Å². The third-order valence-corrected chi connectivity index (χ3v) is 4.34. The van der Waals surface area contributed by atoms with E-state index in [0.29, 0.717) is 0 Å². The average molecular weight is 269 g/mol. The molecule has 0 radical (unpaired) electrons. The molecule has 20 heavy (non-hydrogen) atoms. The summed E-state index contributed by atoms with van der Waals surface area (Å²) >= 11 is 0. The zero-order chi connectivity index (χ0) is 13.9. The van der Waals surface area contributed by atoms with Crippen LogP contribution in [0.5, 0.6) is 0 Å². The maximum Gasteiger partial charge on any atom is 0.251 e. The molecule has 1 aliphatic carbocycles. The number of hydrogen-bond acceptors (Lipinski definition) is 3. The minimum absolute atomic E-state index is 0.0138. The lowest BCUT2D eigenvalue weighted by Gasteiger charge is -2.22. The third kappa shape index (κ3) is 2.36. The number of anilines is 1. The lowest BCUT2D eigenvalue weighted by molar-refractivity contribution is 0.0932. The summed E-state index contributed by atoms with van der Waals surface area (Å²) in [5.74, 6) is -0.0608. The van der Waals surface area contributed by atoms with Crippen molar-refractivity contribution >= 4 is 11.6 Å². The van der Waals surface area contributed by atoms with Crippen LogP contribution in [-0.4, -0.2) is 18.5 Å². The van der Waals surface area contributed by atoms with Gasteiger partial charge in [-0.2, -0.15) is 5.26 Å². The zero-order valence-corrected chi connectivity index (χ0v) is 11.5. The highest BCUT2D eigenvalue weighted by atomic mass is 16.1. The van der Waals surface area contributed by atoms with Gasteiger partial charge in [-0.3, -0.25) is 4.79 Å². The molecule has 2 aliphatic rings. The summed E-state index contributed by atoms with van der Waals surface area (Å²) < 4.78 is 0. The van der Waals surface area contributed by atoms with Crippen molar-refractivity contribution in [2.75, 3.05) is 11.9 Å². The first-order chi connectivity index (χ1) is 9.79. The molecule has 2 atom stereocenters. The van der Waals surface area contributed by atoms with Gasteiger partial charge in [-0.15, -0.1) is 0 Å². The Bertz CT molecular complexity index is 561. The summed E-state index contributed by atoms with van der Waals surface area (Å²) in [5.41, 5.74) is 2.95. The van der Waals surface area contributed by atoms with E-state index in [1.807, 2.05) is 18.2 Å². The third-order valence-electron chi connectivity index (χ3n) is 4.34. The fraction of sp³-hybridized carbons (Fsp3) is 0.500. The number of fused-ring (bicyclic) bond motifs is 1. The topological polar surface area (TPSA) is 64.9 Å². The molecule has 1 heterocycles. The summed E-state index contributed by atoms with van der Waals surface area (Å²) in [7, 11) is 0. The lowest BCUT2D eigenvalue weighted by atomic mass is 9.96. The van der Waals surface area contributed by atoms with Gasteiger partial charge >= 0.3 is 0 Å². The van der Waals surface area contributed by atoms with Crippen molar-refractivity contribution in [2.24, 2.45) is 5.92 Å². The van der Waals surface area contributed by atoms with E-state index in [1.165, 1.54) is 0 Å². The number of amides is 1. The standard InChI is InChI=1S/C16H19N3O/c17-10-11-4-1-7-14(11)19-16(20)13-5-2-8-15-12(13)6-3-9-18-15/h2,5,8,11,14,18H,1,3-4,6-7,9H2,(H,19,20). The number of nitrogens with zero attached hydrogens (tertiary/aromatic N) is 1. The second-order valence-corrected chi connectivity index (χ2v) is 5.61. The molecular formula is C16H19N3O. The molecule has 1 aliphatic heterocycles. The number of rotatable bonds is 2. The van der Waals surface area contributed by atoms with Gasteiger partial charge in [0.1, 0.15) is 0 Å². The number of benzene rings is 1. The van der Waals surface area contributed by atoms with Crippen LogP contribution in [0.25, 0.3) is 0 Å². The van der Waals surface area contributed by atoms with E-state index in [4.69, 9.17) is 5.26 Å². The molecule has 0 aromatic heterocycles. The summed E-state index contributed by atoms with van der Waals surface area (Å²) in [4.78, 5) is 12.5. The molecule has 1 amide bonds. The number of carbonyl (C=O) groups excluding carboxylic acids is 1. The van der Waals surface area contributed by atoms with Crippen molar-refractivity contribution in [1.82, 2.24) is 5.32 Å². The highest BCUT2D eigenvalue weighted by Gasteiger charge is 2.29. The van der Waals surface area contributed by atoms with Gasteiger partial charge in [0.25, 0.3) is 5.91 Å². The van der Waals surface area contributed by atoms with Crippen molar-refractivity contribution in [2.45, 2.75) is 38.1 Å².